The Labute approximate surface area is 93.2 Å². The second-order valence-electron chi connectivity index (χ2n) is 6.23. The Kier molecular flexibility index (Phi) is 2.52. The van der Waals surface area contributed by atoms with Gasteiger partial charge in [-0.2, -0.15) is 0 Å². The summed E-state index contributed by atoms with van der Waals surface area (Å²) in [4.78, 5) is 0. The fourth-order valence-electron chi connectivity index (χ4n) is 4.78. The SMILES string of the molecule is CNCCNC12CC3CC(CC(C3)C1)C2. The molecule has 0 atom stereocenters. The topological polar surface area (TPSA) is 24.1 Å². The molecule has 0 unspecified atom stereocenters. The van der Waals surface area contributed by atoms with Crippen molar-refractivity contribution in [3.63, 3.8) is 0 Å². The molecule has 4 fully saturated rings. The smallest absolute Gasteiger partial charge is 0.0190 e. The van der Waals surface area contributed by atoms with Crippen LogP contribution in [0.25, 0.3) is 0 Å². The molecule has 0 spiro atoms. The number of rotatable bonds is 4. The minimum Gasteiger partial charge on any atom is -0.318 e. The van der Waals surface area contributed by atoms with Crippen molar-refractivity contribution in [1.29, 1.82) is 0 Å². The molecule has 0 aromatic rings. The predicted molar refractivity (Wildman–Crippen MR) is 62.8 cm³/mol. The average molecular weight is 208 g/mol. The molecule has 2 nitrogen and oxygen atoms in total. The van der Waals surface area contributed by atoms with Crippen molar-refractivity contribution in [1.82, 2.24) is 10.6 Å². The molecule has 0 saturated heterocycles. The van der Waals surface area contributed by atoms with Crippen LogP contribution in [0.4, 0.5) is 0 Å². The van der Waals surface area contributed by atoms with E-state index >= 15 is 0 Å². The van der Waals surface area contributed by atoms with Crippen LogP contribution < -0.4 is 10.6 Å². The Morgan fingerprint density at radius 2 is 1.47 bits per heavy atom. The summed E-state index contributed by atoms with van der Waals surface area (Å²) in [5.74, 6) is 3.20. The molecule has 0 amide bonds. The second kappa shape index (κ2) is 3.74. The normalized spacial score (nSPS) is 47.4. The third-order valence-corrected chi connectivity index (χ3v) is 4.91. The van der Waals surface area contributed by atoms with Crippen LogP contribution in [-0.2, 0) is 0 Å². The lowest BCUT2D eigenvalue weighted by Gasteiger charge is -2.57. The lowest BCUT2D eigenvalue weighted by molar-refractivity contribution is -0.0192. The Morgan fingerprint density at radius 3 is 1.93 bits per heavy atom. The fourth-order valence-corrected chi connectivity index (χ4v) is 4.78. The minimum absolute atomic E-state index is 0.561. The van der Waals surface area contributed by atoms with Gasteiger partial charge in [0.25, 0.3) is 0 Å². The molecular weight excluding hydrogens is 184 g/mol. The quantitative estimate of drug-likeness (QED) is 0.688. The molecule has 2 N–H and O–H groups in total. The van der Waals surface area contributed by atoms with Gasteiger partial charge in [-0.15, -0.1) is 0 Å². The third-order valence-electron chi connectivity index (χ3n) is 4.91. The molecule has 4 saturated carbocycles. The molecule has 0 heterocycles. The molecule has 4 rings (SSSR count). The average Bonchev–Trinajstić information content (AvgIpc) is 2.15. The maximum absolute atomic E-state index is 3.87. The lowest BCUT2D eigenvalue weighted by atomic mass is 9.53. The largest absolute Gasteiger partial charge is 0.318 e. The van der Waals surface area contributed by atoms with Crippen LogP contribution in [0.1, 0.15) is 38.5 Å². The van der Waals surface area contributed by atoms with Crippen molar-refractivity contribution in [2.45, 2.75) is 44.1 Å². The van der Waals surface area contributed by atoms with Gasteiger partial charge in [-0.05, 0) is 63.3 Å². The van der Waals surface area contributed by atoms with Gasteiger partial charge in [-0.1, -0.05) is 0 Å². The Morgan fingerprint density at radius 1 is 0.933 bits per heavy atom. The van der Waals surface area contributed by atoms with Crippen molar-refractivity contribution in [2.75, 3.05) is 20.1 Å². The fraction of sp³-hybridized carbons (Fsp3) is 1.00. The van der Waals surface area contributed by atoms with E-state index in [0.29, 0.717) is 5.54 Å². The summed E-state index contributed by atoms with van der Waals surface area (Å²) >= 11 is 0. The summed E-state index contributed by atoms with van der Waals surface area (Å²) in [5.41, 5.74) is 0.561. The van der Waals surface area contributed by atoms with Crippen LogP contribution in [0.2, 0.25) is 0 Å². The van der Waals surface area contributed by atoms with Gasteiger partial charge in [0.2, 0.25) is 0 Å². The zero-order chi connectivity index (χ0) is 10.3. The van der Waals surface area contributed by atoms with Crippen molar-refractivity contribution in [3.8, 4) is 0 Å². The van der Waals surface area contributed by atoms with Gasteiger partial charge >= 0.3 is 0 Å². The third kappa shape index (κ3) is 1.83. The van der Waals surface area contributed by atoms with E-state index in [1.807, 2.05) is 7.05 Å². The van der Waals surface area contributed by atoms with E-state index < -0.39 is 0 Å². The molecule has 4 aliphatic carbocycles. The molecule has 86 valence electrons. The monoisotopic (exact) mass is 208 g/mol. The molecule has 0 aliphatic heterocycles. The Bertz CT molecular complexity index is 201. The molecule has 15 heavy (non-hydrogen) atoms. The van der Waals surface area contributed by atoms with Crippen LogP contribution in [0.3, 0.4) is 0 Å². The number of hydrogen-bond acceptors (Lipinski definition) is 2. The van der Waals surface area contributed by atoms with Crippen LogP contribution in [0.15, 0.2) is 0 Å². The van der Waals surface area contributed by atoms with Crippen molar-refractivity contribution < 1.29 is 0 Å². The summed E-state index contributed by atoms with van der Waals surface area (Å²) in [6, 6.07) is 0. The number of hydrogen-bond donors (Lipinski definition) is 2. The lowest BCUT2D eigenvalue weighted by Crippen LogP contribution is -2.59. The zero-order valence-electron chi connectivity index (χ0n) is 9.89. The van der Waals surface area contributed by atoms with E-state index in [0.717, 1.165) is 30.8 Å². The highest BCUT2D eigenvalue weighted by atomic mass is 15.0. The first-order valence-corrected chi connectivity index (χ1v) is 6.69. The van der Waals surface area contributed by atoms with Crippen LogP contribution in [0, 0.1) is 17.8 Å². The summed E-state index contributed by atoms with van der Waals surface area (Å²) in [6.07, 6.45) is 9.07. The maximum Gasteiger partial charge on any atom is 0.0190 e. The predicted octanol–water partition coefficient (Wildman–Crippen LogP) is 1.76. The van der Waals surface area contributed by atoms with E-state index in [9.17, 15) is 0 Å². The molecule has 0 aromatic heterocycles. The van der Waals surface area contributed by atoms with Gasteiger partial charge in [-0.3, -0.25) is 0 Å². The summed E-state index contributed by atoms with van der Waals surface area (Å²) in [5, 5.41) is 7.10. The maximum atomic E-state index is 3.87. The van der Waals surface area contributed by atoms with E-state index in [-0.39, 0.29) is 0 Å². The highest BCUT2D eigenvalue weighted by Crippen LogP contribution is 2.55. The van der Waals surface area contributed by atoms with Crippen molar-refractivity contribution in [3.05, 3.63) is 0 Å². The van der Waals surface area contributed by atoms with E-state index in [1.54, 1.807) is 19.3 Å². The van der Waals surface area contributed by atoms with Crippen LogP contribution in [0.5, 0.6) is 0 Å². The standard InChI is InChI=1S/C13H24N2/c1-14-2-3-15-13-7-10-4-11(8-13)6-12(5-10)9-13/h10-12,14-15H,2-9H2,1H3. The van der Waals surface area contributed by atoms with Crippen LogP contribution in [-0.4, -0.2) is 25.7 Å². The van der Waals surface area contributed by atoms with E-state index in [1.165, 1.54) is 19.3 Å². The molecule has 0 radical (unpaired) electrons. The highest BCUT2D eigenvalue weighted by Gasteiger charge is 2.50. The number of likely N-dealkylation sites (N-methyl/N-ethyl adjacent to an activating group) is 1. The first-order valence-electron chi connectivity index (χ1n) is 6.69. The Hall–Kier alpha value is -0.0800. The molecule has 4 aliphatic rings. The second-order valence-corrected chi connectivity index (χ2v) is 6.23. The van der Waals surface area contributed by atoms with Crippen molar-refractivity contribution >= 4 is 0 Å². The van der Waals surface area contributed by atoms with Gasteiger partial charge in [0.1, 0.15) is 0 Å². The van der Waals surface area contributed by atoms with Gasteiger partial charge in [0.15, 0.2) is 0 Å². The van der Waals surface area contributed by atoms with Crippen molar-refractivity contribution in [2.24, 2.45) is 17.8 Å². The van der Waals surface area contributed by atoms with E-state index in [2.05, 4.69) is 10.6 Å². The minimum atomic E-state index is 0.561. The molecular formula is C13H24N2. The van der Waals surface area contributed by atoms with Gasteiger partial charge in [-0.25, -0.2) is 0 Å². The number of nitrogens with one attached hydrogen (secondary N) is 2. The summed E-state index contributed by atoms with van der Waals surface area (Å²) in [7, 11) is 2.04. The van der Waals surface area contributed by atoms with Gasteiger partial charge < -0.3 is 10.6 Å². The Balaban J connectivity index is 1.65. The van der Waals surface area contributed by atoms with Gasteiger partial charge in [0, 0.05) is 18.6 Å². The molecule has 0 aromatic carbocycles. The highest BCUT2D eigenvalue weighted by molar-refractivity contribution is 5.06. The zero-order valence-corrected chi connectivity index (χ0v) is 9.89. The van der Waals surface area contributed by atoms with E-state index in [4.69, 9.17) is 0 Å². The first kappa shape index (κ1) is 10.1. The molecule has 4 bridgehead atoms. The molecule has 2 heteroatoms. The summed E-state index contributed by atoms with van der Waals surface area (Å²) < 4.78 is 0. The van der Waals surface area contributed by atoms with Gasteiger partial charge in [0.05, 0.1) is 0 Å². The van der Waals surface area contributed by atoms with Crippen LogP contribution >= 0.6 is 0 Å². The summed E-state index contributed by atoms with van der Waals surface area (Å²) in [6.45, 7) is 2.27. The first-order chi connectivity index (χ1) is 7.30.